The predicted molar refractivity (Wildman–Crippen MR) is 90.3 cm³/mol. The lowest BCUT2D eigenvalue weighted by Gasteiger charge is -2.34. The standard InChI is InChI=1S/C16H20N4OS/c1-11-4-5-14(20-7-8-21-10-12(20)2)18-15(11)16(17-3)13-6-9-22-19-13/h4-6,9,12H,7-8,10H2,1-3H3/b17-16-/t12-/m1/s1. The molecule has 1 aliphatic rings. The first-order valence-electron chi connectivity index (χ1n) is 7.40. The number of ether oxygens (including phenoxy) is 1. The highest BCUT2D eigenvalue weighted by molar-refractivity contribution is 7.03. The number of morpholine rings is 1. The fourth-order valence-electron chi connectivity index (χ4n) is 2.66. The van der Waals surface area contributed by atoms with E-state index in [4.69, 9.17) is 9.72 Å². The molecule has 0 N–H and O–H groups in total. The molecule has 1 saturated heterocycles. The van der Waals surface area contributed by atoms with E-state index in [1.165, 1.54) is 11.5 Å². The molecule has 116 valence electrons. The third-order valence-electron chi connectivity index (χ3n) is 3.87. The first-order valence-corrected chi connectivity index (χ1v) is 8.24. The van der Waals surface area contributed by atoms with Gasteiger partial charge in [0, 0.05) is 19.0 Å². The van der Waals surface area contributed by atoms with Gasteiger partial charge < -0.3 is 9.64 Å². The fraction of sp³-hybridized carbons (Fsp3) is 0.438. The summed E-state index contributed by atoms with van der Waals surface area (Å²) < 4.78 is 9.91. The third-order valence-corrected chi connectivity index (χ3v) is 4.43. The van der Waals surface area contributed by atoms with Crippen molar-refractivity contribution in [1.82, 2.24) is 9.36 Å². The molecule has 0 unspecified atom stereocenters. The van der Waals surface area contributed by atoms with E-state index in [1.807, 2.05) is 11.4 Å². The van der Waals surface area contributed by atoms with Crippen LogP contribution in [0.15, 0.2) is 28.6 Å². The van der Waals surface area contributed by atoms with Crippen LogP contribution in [0.1, 0.15) is 23.9 Å². The molecule has 2 aromatic heterocycles. The van der Waals surface area contributed by atoms with Crippen molar-refractivity contribution in [3.05, 3.63) is 40.5 Å². The summed E-state index contributed by atoms with van der Waals surface area (Å²) in [5.41, 5.74) is 3.75. The molecule has 1 aliphatic heterocycles. The monoisotopic (exact) mass is 316 g/mol. The zero-order valence-electron chi connectivity index (χ0n) is 13.1. The molecule has 1 atom stereocenters. The van der Waals surface area contributed by atoms with Crippen molar-refractivity contribution in [2.45, 2.75) is 19.9 Å². The molecule has 22 heavy (non-hydrogen) atoms. The minimum Gasteiger partial charge on any atom is -0.377 e. The summed E-state index contributed by atoms with van der Waals surface area (Å²) >= 11 is 1.43. The molecule has 1 fully saturated rings. The van der Waals surface area contributed by atoms with Gasteiger partial charge in [0.05, 0.1) is 24.9 Å². The average Bonchev–Trinajstić information content (AvgIpc) is 3.05. The molecule has 0 spiro atoms. The maximum absolute atomic E-state index is 5.51. The predicted octanol–water partition coefficient (Wildman–Crippen LogP) is 2.54. The van der Waals surface area contributed by atoms with Crippen LogP contribution in [-0.4, -0.2) is 47.9 Å². The van der Waals surface area contributed by atoms with Gasteiger partial charge in [-0.2, -0.15) is 4.37 Å². The van der Waals surface area contributed by atoms with Gasteiger partial charge in [0.1, 0.15) is 17.2 Å². The molecule has 3 rings (SSSR count). The molecule has 0 amide bonds. The Morgan fingerprint density at radius 2 is 2.27 bits per heavy atom. The first-order chi connectivity index (χ1) is 10.7. The van der Waals surface area contributed by atoms with Crippen molar-refractivity contribution in [2.24, 2.45) is 4.99 Å². The van der Waals surface area contributed by atoms with E-state index in [0.29, 0.717) is 6.04 Å². The largest absolute Gasteiger partial charge is 0.377 e. The van der Waals surface area contributed by atoms with Crippen molar-refractivity contribution in [1.29, 1.82) is 0 Å². The van der Waals surface area contributed by atoms with Crippen LogP contribution in [0.4, 0.5) is 5.82 Å². The van der Waals surface area contributed by atoms with E-state index in [9.17, 15) is 0 Å². The molecule has 5 nitrogen and oxygen atoms in total. The molecular formula is C16H20N4OS. The molecule has 0 saturated carbocycles. The topological polar surface area (TPSA) is 50.6 Å². The van der Waals surface area contributed by atoms with Crippen LogP contribution in [0, 0.1) is 6.92 Å². The summed E-state index contributed by atoms with van der Waals surface area (Å²) in [6, 6.07) is 6.50. The third kappa shape index (κ3) is 2.89. The normalized spacial score (nSPS) is 19.5. The summed E-state index contributed by atoms with van der Waals surface area (Å²) in [7, 11) is 1.79. The Hall–Kier alpha value is -1.79. The SMILES string of the molecule is C/N=C(/c1ccsn1)c1nc(N2CCOC[C@H]2C)ccc1C. The molecule has 0 aromatic carbocycles. The second kappa shape index (κ2) is 6.54. The lowest BCUT2D eigenvalue weighted by molar-refractivity contribution is 0.0985. The van der Waals surface area contributed by atoms with Gasteiger partial charge in [-0.05, 0) is 43.1 Å². The van der Waals surface area contributed by atoms with Crippen LogP contribution in [0.5, 0.6) is 0 Å². The van der Waals surface area contributed by atoms with Gasteiger partial charge in [-0.1, -0.05) is 6.07 Å². The molecule has 6 heteroatoms. The first kappa shape index (κ1) is 15.1. The van der Waals surface area contributed by atoms with E-state index >= 15 is 0 Å². The highest BCUT2D eigenvalue weighted by Gasteiger charge is 2.22. The lowest BCUT2D eigenvalue weighted by atomic mass is 10.1. The zero-order chi connectivity index (χ0) is 15.5. The number of nitrogens with zero attached hydrogens (tertiary/aromatic N) is 4. The molecule has 0 radical (unpaired) electrons. The summed E-state index contributed by atoms with van der Waals surface area (Å²) in [4.78, 5) is 11.6. The second-order valence-corrected chi connectivity index (χ2v) is 6.07. The number of anilines is 1. The van der Waals surface area contributed by atoms with Gasteiger partial charge in [-0.3, -0.25) is 4.99 Å². The Morgan fingerprint density at radius 1 is 1.41 bits per heavy atom. The van der Waals surface area contributed by atoms with Crippen LogP contribution < -0.4 is 4.90 Å². The summed E-state index contributed by atoms with van der Waals surface area (Å²) in [5, 5.41) is 1.96. The zero-order valence-corrected chi connectivity index (χ0v) is 13.9. The van der Waals surface area contributed by atoms with Crippen molar-refractivity contribution >= 4 is 23.1 Å². The van der Waals surface area contributed by atoms with E-state index in [-0.39, 0.29) is 0 Å². The molecule has 0 aliphatic carbocycles. The Bertz CT molecular complexity index is 669. The smallest absolute Gasteiger partial charge is 0.129 e. The van der Waals surface area contributed by atoms with Crippen LogP contribution >= 0.6 is 11.5 Å². The van der Waals surface area contributed by atoms with Crippen LogP contribution in [-0.2, 0) is 4.74 Å². The average molecular weight is 316 g/mol. The fourth-order valence-corrected chi connectivity index (χ4v) is 3.17. The van der Waals surface area contributed by atoms with Crippen LogP contribution in [0.2, 0.25) is 0 Å². The van der Waals surface area contributed by atoms with E-state index < -0.39 is 0 Å². The lowest BCUT2D eigenvalue weighted by Crippen LogP contribution is -2.44. The summed E-state index contributed by atoms with van der Waals surface area (Å²) in [5.74, 6) is 0.979. The highest BCUT2D eigenvalue weighted by atomic mass is 32.1. The minimum atomic E-state index is 0.332. The van der Waals surface area contributed by atoms with Crippen molar-refractivity contribution in [3.63, 3.8) is 0 Å². The van der Waals surface area contributed by atoms with Crippen LogP contribution in [0.3, 0.4) is 0 Å². The Labute approximate surface area is 134 Å². The van der Waals surface area contributed by atoms with Gasteiger partial charge in [0.15, 0.2) is 0 Å². The van der Waals surface area contributed by atoms with E-state index in [1.54, 1.807) is 7.05 Å². The minimum absolute atomic E-state index is 0.332. The maximum Gasteiger partial charge on any atom is 0.129 e. The molecule has 2 aromatic rings. The number of pyridine rings is 1. The van der Waals surface area contributed by atoms with Crippen molar-refractivity contribution in [3.8, 4) is 0 Å². The van der Waals surface area contributed by atoms with Crippen molar-refractivity contribution in [2.75, 3.05) is 31.7 Å². The second-order valence-electron chi connectivity index (χ2n) is 5.41. The number of hydrogen-bond acceptors (Lipinski definition) is 6. The Morgan fingerprint density at radius 3 is 2.95 bits per heavy atom. The number of aromatic nitrogens is 2. The van der Waals surface area contributed by atoms with Crippen LogP contribution in [0.25, 0.3) is 0 Å². The number of hydrogen-bond donors (Lipinski definition) is 0. The van der Waals surface area contributed by atoms with Gasteiger partial charge in [0.25, 0.3) is 0 Å². The molecule has 0 bridgehead atoms. The maximum atomic E-state index is 5.51. The quantitative estimate of drug-likeness (QED) is 0.817. The van der Waals surface area contributed by atoms with E-state index in [0.717, 1.165) is 48.2 Å². The van der Waals surface area contributed by atoms with Crippen molar-refractivity contribution < 1.29 is 4.74 Å². The van der Waals surface area contributed by atoms with Gasteiger partial charge in [0.2, 0.25) is 0 Å². The number of aliphatic imine (C=N–C) groups is 1. The van der Waals surface area contributed by atoms with Gasteiger partial charge >= 0.3 is 0 Å². The van der Waals surface area contributed by atoms with E-state index in [2.05, 4.69) is 40.2 Å². The summed E-state index contributed by atoms with van der Waals surface area (Å²) in [6.45, 7) is 6.58. The van der Waals surface area contributed by atoms with Gasteiger partial charge in [-0.15, -0.1) is 0 Å². The molecular weight excluding hydrogens is 296 g/mol. The Kier molecular flexibility index (Phi) is 4.49. The number of aryl methyl sites for hydroxylation is 1. The number of rotatable bonds is 3. The molecule has 3 heterocycles. The Balaban J connectivity index is 1.99. The van der Waals surface area contributed by atoms with Gasteiger partial charge in [-0.25, -0.2) is 4.98 Å². The summed E-state index contributed by atoms with van der Waals surface area (Å²) in [6.07, 6.45) is 0. The highest BCUT2D eigenvalue weighted by Crippen LogP contribution is 2.21.